The van der Waals surface area contributed by atoms with E-state index < -0.39 is 29.2 Å². The van der Waals surface area contributed by atoms with Crippen LogP contribution in [-0.4, -0.2) is 0 Å². The molecule has 1 aliphatic rings. The van der Waals surface area contributed by atoms with Gasteiger partial charge in [0.2, 0.25) is 0 Å². The monoisotopic (exact) mass is 317 g/mol. The third kappa shape index (κ3) is 3.15. The van der Waals surface area contributed by atoms with Crippen molar-refractivity contribution in [1.29, 1.82) is 0 Å². The molecule has 2 rings (SSSR count). The lowest BCUT2D eigenvalue weighted by Crippen LogP contribution is -2.30. The second-order valence-electron chi connectivity index (χ2n) is 4.54. The first kappa shape index (κ1) is 16.5. The minimum Gasteiger partial charge on any atom is -0.324 e. The van der Waals surface area contributed by atoms with Crippen LogP contribution in [0.2, 0.25) is 5.02 Å². The predicted molar refractivity (Wildman–Crippen MR) is 67.9 cm³/mol. The average Bonchev–Trinajstić information content (AvgIpc) is 2.17. The van der Waals surface area contributed by atoms with Crippen molar-refractivity contribution in [1.82, 2.24) is 0 Å². The fourth-order valence-corrected chi connectivity index (χ4v) is 2.34. The lowest BCUT2D eigenvalue weighted by molar-refractivity contribution is -0.138. The van der Waals surface area contributed by atoms with Crippen LogP contribution in [0.4, 0.5) is 17.6 Å². The maximum Gasteiger partial charge on any atom is 0.416 e. The highest BCUT2D eigenvalue weighted by molar-refractivity contribution is 6.30. The minimum absolute atomic E-state index is 0. The number of nitrogens with two attached hydrogens (primary N) is 1. The van der Waals surface area contributed by atoms with Gasteiger partial charge in [-0.2, -0.15) is 13.2 Å². The zero-order valence-corrected chi connectivity index (χ0v) is 11.4. The van der Waals surface area contributed by atoms with E-state index >= 15 is 0 Å². The van der Waals surface area contributed by atoms with Gasteiger partial charge in [-0.15, -0.1) is 12.4 Å². The summed E-state index contributed by atoms with van der Waals surface area (Å²) >= 11 is 5.55. The summed E-state index contributed by atoms with van der Waals surface area (Å²) in [7, 11) is 0. The molecule has 0 heterocycles. The Morgan fingerprint density at radius 3 is 2.26 bits per heavy atom. The van der Waals surface area contributed by atoms with E-state index in [-0.39, 0.29) is 23.3 Å². The maximum absolute atomic E-state index is 13.9. The molecule has 1 aromatic rings. The summed E-state index contributed by atoms with van der Waals surface area (Å²) in [5.41, 5.74) is 4.24. The number of benzene rings is 1. The number of hydrogen-bond donors (Lipinski definition) is 1. The first-order valence-corrected chi connectivity index (χ1v) is 6.01. The summed E-state index contributed by atoms with van der Waals surface area (Å²) in [5, 5.41) is -0.326. The van der Waals surface area contributed by atoms with Gasteiger partial charge < -0.3 is 5.73 Å². The van der Waals surface area contributed by atoms with E-state index in [4.69, 9.17) is 17.3 Å². The maximum atomic E-state index is 13.9. The molecular formula is C12H13Cl2F4N. The van der Waals surface area contributed by atoms with Crippen LogP contribution in [0.5, 0.6) is 0 Å². The third-order valence-corrected chi connectivity index (χ3v) is 3.72. The van der Waals surface area contributed by atoms with Crippen LogP contribution < -0.4 is 5.73 Å². The van der Waals surface area contributed by atoms with E-state index in [0.717, 1.165) is 31.4 Å². The van der Waals surface area contributed by atoms with Crippen molar-refractivity contribution in [3.05, 3.63) is 34.1 Å². The van der Waals surface area contributed by atoms with Gasteiger partial charge in [0.05, 0.1) is 10.6 Å². The molecular weight excluding hydrogens is 305 g/mol. The summed E-state index contributed by atoms with van der Waals surface area (Å²) in [6, 6.07) is 0.754. The van der Waals surface area contributed by atoms with Gasteiger partial charge in [-0.25, -0.2) is 4.39 Å². The van der Waals surface area contributed by atoms with Gasteiger partial charge in [0.1, 0.15) is 5.82 Å². The van der Waals surface area contributed by atoms with Gasteiger partial charge in [0.25, 0.3) is 0 Å². The van der Waals surface area contributed by atoms with Crippen molar-refractivity contribution >= 4 is 24.0 Å². The first-order chi connectivity index (χ1) is 8.32. The highest BCUT2D eigenvalue weighted by Gasteiger charge is 2.39. The van der Waals surface area contributed by atoms with Gasteiger partial charge in [-0.1, -0.05) is 18.0 Å². The Labute approximate surface area is 119 Å². The normalized spacial score (nSPS) is 17.6. The standard InChI is InChI=1S/C12H12ClF4N.ClH/c13-8-5-4-7(12(15,16)17)9(10(8)14)11(18)6-2-1-3-6;/h4-6,11H,1-3,18H2;1H/t11-;/m0./s1. The molecule has 0 aliphatic heterocycles. The van der Waals surface area contributed by atoms with Gasteiger partial charge >= 0.3 is 6.18 Å². The first-order valence-electron chi connectivity index (χ1n) is 5.63. The van der Waals surface area contributed by atoms with Crippen LogP contribution >= 0.6 is 24.0 Å². The van der Waals surface area contributed by atoms with E-state index in [9.17, 15) is 17.6 Å². The molecule has 1 atom stereocenters. The molecule has 0 amide bonds. The van der Waals surface area contributed by atoms with Gasteiger partial charge in [0.15, 0.2) is 0 Å². The van der Waals surface area contributed by atoms with E-state index in [1.54, 1.807) is 0 Å². The van der Waals surface area contributed by atoms with Crippen LogP contribution in [0.15, 0.2) is 12.1 Å². The second-order valence-corrected chi connectivity index (χ2v) is 4.94. The summed E-state index contributed by atoms with van der Waals surface area (Å²) in [4.78, 5) is 0. The van der Waals surface area contributed by atoms with Gasteiger partial charge in [-0.05, 0) is 30.9 Å². The fraction of sp³-hybridized carbons (Fsp3) is 0.500. The summed E-state index contributed by atoms with van der Waals surface area (Å²) in [6.07, 6.45) is -2.25. The number of rotatable bonds is 2. The summed E-state index contributed by atoms with van der Waals surface area (Å²) in [5.74, 6) is -1.15. The second kappa shape index (κ2) is 5.85. The molecule has 0 spiro atoms. The van der Waals surface area contributed by atoms with Gasteiger partial charge in [0, 0.05) is 11.6 Å². The van der Waals surface area contributed by atoms with Crippen molar-refractivity contribution in [2.24, 2.45) is 11.7 Å². The molecule has 1 aromatic carbocycles. The summed E-state index contributed by atoms with van der Waals surface area (Å²) < 4.78 is 52.4. The van der Waals surface area contributed by atoms with E-state index in [2.05, 4.69) is 0 Å². The molecule has 0 unspecified atom stereocenters. The predicted octanol–water partition coefficient (Wildman–Crippen LogP) is 4.72. The molecule has 7 heteroatoms. The Bertz CT molecular complexity index is 458. The molecule has 2 N–H and O–H groups in total. The Kier molecular flexibility index (Phi) is 5.09. The number of halogens is 6. The minimum atomic E-state index is -4.62. The smallest absolute Gasteiger partial charge is 0.324 e. The third-order valence-electron chi connectivity index (χ3n) is 3.43. The lowest BCUT2D eigenvalue weighted by atomic mass is 9.76. The van der Waals surface area contributed by atoms with Crippen LogP contribution in [0.3, 0.4) is 0 Å². The van der Waals surface area contributed by atoms with Crippen molar-refractivity contribution in [3.63, 3.8) is 0 Å². The Balaban J connectivity index is 0.00000180. The Hall–Kier alpha value is -0.520. The average molecular weight is 318 g/mol. The molecule has 19 heavy (non-hydrogen) atoms. The molecule has 0 aromatic heterocycles. The number of alkyl halides is 3. The SMILES string of the molecule is Cl.N[C@H](c1c(C(F)(F)F)ccc(Cl)c1F)C1CCC1. The molecule has 1 aliphatic carbocycles. The molecule has 1 fully saturated rings. The van der Waals surface area contributed by atoms with Crippen LogP contribution in [0.1, 0.15) is 36.4 Å². The van der Waals surface area contributed by atoms with Crippen LogP contribution in [0.25, 0.3) is 0 Å². The molecule has 0 saturated heterocycles. The zero-order valence-electron chi connectivity index (χ0n) is 9.81. The Morgan fingerprint density at radius 2 is 1.84 bits per heavy atom. The highest BCUT2D eigenvalue weighted by Crippen LogP contribution is 2.43. The van der Waals surface area contributed by atoms with Crippen LogP contribution in [-0.2, 0) is 6.18 Å². The molecule has 1 saturated carbocycles. The molecule has 0 radical (unpaired) electrons. The lowest BCUT2D eigenvalue weighted by Gasteiger charge is -2.33. The highest BCUT2D eigenvalue weighted by atomic mass is 35.5. The van der Waals surface area contributed by atoms with E-state index in [0.29, 0.717) is 0 Å². The zero-order chi connectivity index (χ0) is 13.5. The van der Waals surface area contributed by atoms with Gasteiger partial charge in [-0.3, -0.25) is 0 Å². The quantitative estimate of drug-likeness (QED) is 0.785. The largest absolute Gasteiger partial charge is 0.416 e. The molecule has 108 valence electrons. The van der Waals surface area contributed by atoms with Crippen molar-refractivity contribution in [2.75, 3.05) is 0 Å². The molecule has 1 nitrogen and oxygen atoms in total. The van der Waals surface area contributed by atoms with Crippen LogP contribution in [0, 0.1) is 11.7 Å². The van der Waals surface area contributed by atoms with E-state index in [1.165, 1.54) is 0 Å². The number of hydrogen-bond acceptors (Lipinski definition) is 1. The topological polar surface area (TPSA) is 26.0 Å². The van der Waals surface area contributed by atoms with Crippen molar-refractivity contribution in [2.45, 2.75) is 31.5 Å². The molecule has 0 bridgehead atoms. The fourth-order valence-electron chi connectivity index (χ4n) is 2.17. The Morgan fingerprint density at radius 1 is 1.26 bits per heavy atom. The van der Waals surface area contributed by atoms with E-state index in [1.807, 2.05) is 0 Å². The van der Waals surface area contributed by atoms with Crippen molar-refractivity contribution in [3.8, 4) is 0 Å². The summed E-state index contributed by atoms with van der Waals surface area (Å²) in [6.45, 7) is 0. The van der Waals surface area contributed by atoms with Crippen molar-refractivity contribution < 1.29 is 17.6 Å².